The van der Waals surface area contributed by atoms with Gasteiger partial charge in [0.05, 0.1) is 12.5 Å². The van der Waals surface area contributed by atoms with Crippen molar-refractivity contribution in [3.8, 4) is 11.6 Å². The summed E-state index contributed by atoms with van der Waals surface area (Å²) in [5.74, 6) is 1.10. The maximum Gasteiger partial charge on any atom is 0.276 e. The molecule has 0 radical (unpaired) electrons. The van der Waals surface area contributed by atoms with E-state index in [1.807, 2.05) is 18.5 Å². The highest BCUT2D eigenvalue weighted by Crippen LogP contribution is 2.15. The number of nitrogens with two attached hydrogens (primary N) is 1. The van der Waals surface area contributed by atoms with Gasteiger partial charge in [-0.2, -0.15) is 4.98 Å². The Labute approximate surface area is 87.1 Å². The lowest BCUT2D eigenvalue weighted by molar-refractivity contribution is 0.418. The molecule has 80 valence electrons. The molecule has 2 aromatic heterocycles. The number of aromatic nitrogens is 4. The summed E-state index contributed by atoms with van der Waals surface area (Å²) in [5.41, 5.74) is 6.45. The standard InChI is InChI=1S/C9H13N5O/c1-6(10)3-8-12-9(15-13-8)7-4-11-5-14(7)2/h4-6H,3,10H2,1-2H3. The van der Waals surface area contributed by atoms with Crippen LogP contribution >= 0.6 is 0 Å². The SMILES string of the molecule is CC(N)Cc1noc(-c2cncn2C)n1. The zero-order valence-corrected chi connectivity index (χ0v) is 8.71. The Balaban J connectivity index is 2.24. The maximum absolute atomic E-state index is 5.64. The molecule has 0 aliphatic carbocycles. The minimum Gasteiger partial charge on any atom is -0.332 e. The van der Waals surface area contributed by atoms with Crippen molar-refractivity contribution in [3.63, 3.8) is 0 Å². The molecule has 2 rings (SSSR count). The van der Waals surface area contributed by atoms with E-state index in [9.17, 15) is 0 Å². The van der Waals surface area contributed by atoms with Gasteiger partial charge in [0.1, 0.15) is 5.69 Å². The molecule has 0 amide bonds. The molecule has 6 heteroatoms. The fourth-order valence-electron chi connectivity index (χ4n) is 1.29. The first-order valence-electron chi connectivity index (χ1n) is 4.71. The van der Waals surface area contributed by atoms with Crippen LogP contribution in [0.4, 0.5) is 0 Å². The van der Waals surface area contributed by atoms with E-state index in [-0.39, 0.29) is 6.04 Å². The Morgan fingerprint density at radius 1 is 1.60 bits per heavy atom. The number of rotatable bonds is 3. The molecular formula is C9H13N5O. The number of nitrogens with zero attached hydrogens (tertiary/aromatic N) is 4. The molecule has 2 heterocycles. The van der Waals surface area contributed by atoms with Gasteiger partial charge in [0, 0.05) is 19.5 Å². The molecule has 0 spiro atoms. The quantitative estimate of drug-likeness (QED) is 0.785. The van der Waals surface area contributed by atoms with Crippen LogP contribution in [0.2, 0.25) is 0 Å². The molecule has 0 saturated heterocycles. The molecule has 0 aliphatic rings. The molecular weight excluding hydrogens is 194 g/mol. The van der Waals surface area contributed by atoms with Gasteiger partial charge < -0.3 is 14.8 Å². The lowest BCUT2D eigenvalue weighted by Crippen LogP contribution is -2.18. The zero-order chi connectivity index (χ0) is 10.8. The van der Waals surface area contributed by atoms with Gasteiger partial charge in [-0.05, 0) is 6.92 Å². The first-order valence-corrected chi connectivity index (χ1v) is 4.71. The van der Waals surface area contributed by atoms with Crippen LogP contribution < -0.4 is 5.73 Å². The average Bonchev–Trinajstić information content (AvgIpc) is 2.72. The number of hydrogen-bond donors (Lipinski definition) is 1. The highest BCUT2D eigenvalue weighted by molar-refractivity contribution is 5.45. The second-order valence-corrected chi connectivity index (χ2v) is 3.59. The molecule has 15 heavy (non-hydrogen) atoms. The third-order valence-corrected chi connectivity index (χ3v) is 2.01. The highest BCUT2D eigenvalue weighted by Gasteiger charge is 2.12. The number of imidazole rings is 1. The summed E-state index contributed by atoms with van der Waals surface area (Å²) in [6.45, 7) is 1.90. The topological polar surface area (TPSA) is 82.8 Å². The number of hydrogen-bond acceptors (Lipinski definition) is 5. The second-order valence-electron chi connectivity index (χ2n) is 3.59. The third-order valence-electron chi connectivity index (χ3n) is 2.01. The van der Waals surface area contributed by atoms with Crippen molar-refractivity contribution in [3.05, 3.63) is 18.3 Å². The molecule has 6 nitrogen and oxygen atoms in total. The van der Waals surface area contributed by atoms with Gasteiger partial charge in [-0.25, -0.2) is 4.98 Å². The van der Waals surface area contributed by atoms with E-state index < -0.39 is 0 Å². The van der Waals surface area contributed by atoms with Crippen molar-refractivity contribution in [2.24, 2.45) is 12.8 Å². The molecule has 0 bridgehead atoms. The van der Waals surface area contributed by atoms with Crippen LogP contribution in [0.1, 0.15) is 12.7 Å². The molecule has 0 saturated carbocycles. The van der Waals surface area contributed by atoms with Gasteiger partial charge in [0.25, 0.3) is 5.89 Å². The van der Waals surface area contributed by atoms with E-state index in [0.717, 1.165) is 5.69 Å². The van der Waals surface area contributed by atoms with Crippen molar-refractivity contribution < 1.29 is 4.52 Å². The monoisotopic (exact) mass is 207 g/mol. The lowest BCUT2D eigenvalue weighted by Gasteiger charge is -1.97. The van der Waals surface area contributed by atoms with Gasteiger partial charge in [0.15, 0.2) is 5.82 Å². The Morgan fingerprint density at radius 2 is 2.40 bits per heavy atom. The Hall–Kier alpha value is -1.69. The molecule has 2 N–H and O–H groups in total. The van der Waals surface area contributed by atoms with Crippen LogP contribution in [0.3, 0.4) is 0 Å². The van der Waals surface area contributed by atoms with Gasteiger partial charge in [-0.15, -0.1) is 0 Å². The van der Waals surface area contributed by atoms with Gasteiger partial charge in [-0.3, -0.25) is 0 Å². The largest absolute Gasteiger partial charge is 0.332 e. The fourth-order valence-corrected chi connectivity index (χ4v) is 1.29. The molecule has 2 aromatic rings. The fraction of sp³-hybridized carbons (Fsp3) is 0.444. The van der Waals surface area contributed by atoms with Crippen molar-refractivity contribution in [1.82, 2.24) is 19.7 Å². The van der Waals surface area contributed by atoms with Crippen LogP contribution in [0, 0.1) is 0 Å². The molecule has 1 unspecified atom stereocenters. The lowest BCUT2D eigenvalue weighted by atomic mass is 10.2. The number of aryl methyl sites for hydroxylation is 1. The average molecular weight is 207 g/mol. The Bertz CT molecular complexity index is 445. The van der Waals surface area contributed by atoms with Gasteiger partial charge >= 0.3 is 0 Å². The van der Waals surface area contributed by atoms with E-state index in [4.69, 9.17) is 10.3 Å². The van der Waals surface area contributed by atoms with Crippen molar-refractivity contribution >= 4 is 0 Å². The van der Waals surface area contributed by atoms with Crippen molar-refractivity contribution in [2.45, 2.75) is 19.4 Å². The van der Waals surface area contributed by atoms with Crippen LogP contribution in [-0.2, 0) is 13.5 Å². The molecule has 0 fully saturated rings. The summed E-state index contributed by atoms with van der Waals surface area (Å²) in [5, 5.41) is 3.85. The van der Waals surface area contributed by atoms with E-state index in [0.29, 0.717) is 18.1 Å². The smallest absolute Gasteiger partial charge is 0.276 e. The summed E-state index contributed by atoms with van der Waals surface area (Å²) in [4.78, 5) is 8.21. The predicted molar refractivity (Wildman–Crippen MR) is 53.9 cm³/mol. The summed E-state index contributed by atoms with van der Waals surface area (Å²) < 4.78 is 6.94. The Kier molecular flexibility index (Phi) is 2.51. The highest BCUT2D eigenvalue weighted by atomic mass is 16.5. The van der Waals surface area contributed by atoms with Crippen LogP contribution in [0.25, 0.3) is 11.6 Å². The Morgan fingerprint density at radius 3 is 3.00 bits per heavy atom. The normalized spacial score (nSPS) is 13.0. The van der Waals surface area contributed by atoms with Crippen LogP contribution in [-0.4, -0.2) is 25.7 Å². The molecule has 1 atom stereocenters. The summed E-state index contributed by atoms with van der Waals surface area (Å²) in [7, 11) is 1.87. The summed E-state index contributed by atoms with van der Waals surface area (Å²) in [6, 6.07) is 0.0296. The minimum atomic E-state index is 0.0296. The van der Waals surface area contributed by atoms with Gasteiger partial charge in [-0.1, -0.05) is 5.16 Å². The van der Waals surface area contributed by atoms with Gasteiger partial charge in [0.2, 0.25) is 0 Å². The third kappa shape index (κ3) is 2.04. The van der Waals surface area contributed by atoms with Crippen molar-refractivity contribution in [2.75, 3.05) is 0 Å². The van der Waals surface area contributed by atoms with Crippen molar-refractivity contribution in [1.29, 1.82) is 0 Å². The predicted octanol–water partition coefficient (Wildman–Crippen LogP) is 0.360. The second kappa shape index (κ2) is 3.82. The molecule has 0 aromatic carbocycles. The minimum absolute atomic E-state index is 0.0296. The first kappa shape index (κ1) is 9.85. The zero-order valence-electron chi connectivity index (χ0n) is 8.71. The van der Waals surface area contributed by atoms with E-state index in [1.54, 1.807) is 12.5 Å². The first-order chi connectivity index (χ1) is 7.16. The van der Waals surface area contributed by atoms with E-state index in [1.165, 1.54) is 0 Å². The van der Waals surface area contributed by atoms with E-state index in [2.05, 4.69) is 15.1 Å². The maximum atomic E-state index is 5.64. The van der Waals surface area contributed by atoms with Crippen LogP contribution in [0.5, 0.6) is 0 Å². The van der Waals surface area contributed by atoms with Crippen LogP contribution in [0.15, 0.2) is 17.0 Å². The van der Waals surface area contributed by atoms with E-state index >= 15 is 0 Å². The summed E-state index contributed by atoms with van der Waals surface area (Å²) >= 11 is 0. The molecule has 0 aliphatic heterocycles. The summed E-state index contributed by atoms with van der Waals surface area (Å²) in [6.07, 6.45) is 3.98.